The minimum absolute atomic E-state index is 0.0605. The average Bonchev–Trinajstić information content (AvgIpc) is 3.11. The lowest BCUT2D eigenvalue weighted by molar-refractivity contribution is -0.151. The Labute approximate surface area is 207 Å². The number of carbonyl (C=O) groups is 3. The third kappa shape index (κ3) is 6.22. The van der Waals surface area contributed by atoms with E-state index in [1.807, 2.05) is 60.7 Å². The molecule has 0 aromatic heterocycles. The van der Waals surface area contributed by atoms with Gasteiger partial charge in [0, 0.05) is 6.42 Å². The van der Waals surface area contributed by atoms with Crippen molar-refractivity contribution in [1.82, 2.24) is 10.2 Å². The molecule has 0 bridgehead atoms. The normalized spacial score (nSPS) is 24.9. The number of rotatable bonds is 9. The van der Waals surface area contributed by atoms with Crippen LogP contribution < -0.4 is 5.32 Å². The predicted molar refractivity (Wildman–Crippen MR) is 131 cm³/mol. The molecule has 0 radical (unpaired) electrons. The molecule has 1 unspecified atom stereocenters. The van der Waals surface area contributed by atoms with Gasteiger partial charge < -0.3 is 14.4 Å². The van der Waals surface area contributed by atoms with Crippen LogP contribution in [-0.2, 0) is 43.3 Å². The molecule has 2 heterocycles. The Hall–Kier alpha value is -2.88. The van der Waals surface area contributed by atoms with Crippen molar-refractivity contribution in [3.05, 3.63) is 71.8 Å². The van der Waals surface area contributed by atoms with E-state index in [9.17, 15) is 24.0 Å². The lowest BCUT2D eigenvalue weighted by atomic mass is 10.0. The van der Waals surface area contributed by atoms with Crippen molar-refractivity contribution in [3.63, 3.8) is 0 Å². The standard InChI is InChI=1S/C26H30N2O6S/c29-24-20(12-7-13-23-28(24)22(25(30)31)17-35(23)33)27-21(15-14-18-8-3-1-4-9-18)26(32)34-16-19-10-5-2-6-11-19/h1-6,8-11,20-23,27H,7,12-17H2,(H,30,31)/t20-,21?,22-,23+,35+/m0/s1. The fourth-order valence-corrected chi connectivity index (χ4v) is 6.45. The zero-order valence-electron chi connectivity index (χ0n) is 19.4. The molecule has 8 nitrogen and oxygen atoms in total. The molecule has 2 aromatic rings. The number of carboxylic acids is 1. The van der Waals surface area contributed by atoms with E-state index in [2.05, 4.69) is 5.32 Å². The van der Waals surface area contributed by atoms with Crippen LogP contribution in [0.3, 0.4) is 0 Å². The molecule has 2 aliphatic rings. The number of ether oxygens (including phenoxy) is 1. The predicted octanol–water partition coefficient (Wildman–Crippen LogP) is 2.24. The molecule has 0 saturated carbocycles. The highest BCUT2D eigenvalue weighted by atomic mass is 32.2. The number of esters is 1. The summed E-state index contributed by atoms with van der Waals surface area (Å²) in [4.78, 5) is 39.5. The number of aliphatic carboxylic acids is 1. The number of carboxylic acid groups (broad SMARTS) is 1. The minimum Gasteiger partial charge on any atom is -0.615 e. The van der Waals surface area contributed by atoms with Crippen molar-refractivity contribution < 1.29 is 28.8 Å². The molecule has 2 saturated heterocycles. The molecule has 2 aromatic carbocycles. The summed E-state index contributed by atoms with van der Waals surface area (Å²) < 4.78 is 18.1. The van der Waals surface area contributed by atoms with Gasteiger partial charge in [0.2, 0.25) is 5.91 Å². The largest absolute Gasteiger partial charge is 0.615 e. The summed E-state index contributed by atoms with van der Waals surface area (Å²) in [6.45, 7) is 0.121. The van der Waals surface area contributed by atoms with E-state index < -0.39 is 52.5 Å². The number of hydrogen-bond donors (Lipinski definition) is 2. The SMILES string of the molecule is O=C(OCc1ccccc1)C(CCc1ccccc1)N[C@H]1CCC[C@@H]2N(C1=O)[C@H](C(=O)O)C[S@@+]2[O-]. The molecule has 9 heteroatoms. The second kappa shape index (κ2) is 11.7. The van der Waals surface area contributed by atoms with Gasteiger partial charge in [0.15, 0.2) is 11.4 Å². The van der Waals surface area contributed by atoms with Crippen LogP contribution in [0, 0.1) is 0 Å². The van der Waals surface area contributed by atoms with Gasteiger partial charge in [-0.2, -0.15) is 0 Å². The first-order chi connectivity index (χ1) is 16.9. The third-order valence-corrected chi connectivity index (χ3v) is 8.24. The van der Waals surface area contributed by atoms with Gasteiger partial charge in [0.05, 0.1) is 6.04 Å². The van der Waals surface area contributed by atoms with Crippen molar-refractivity contribution in [3.8, 4) is 0 Å². The highest BCUT2D eigenvalue weighted by molar-refractivity contribution is 7.92. The summed E-state index contributed by atoms with van der Waals surface area (Å²) >= 11 is -1.41. The maximum atomic E-state index is 13.4. The van der Waals surface area contributed by atoms with Gasteiger partial charge in [-0.05, 0) is 48.0 Å². The maximum Gasteiger partial charge on any atom is 0.331 e. The smallest absolute Gasteiger partial charge is 0.331 e. The maximum absolute atomic E-state index is 13.4. The number of benzene rings is 2. The molecule has 0 aliphatic carbocycles. The van der Waals surface area contributed by atoms with Gasteiger partial charge in [-0.3, -0.25) is 19.8 Å². The molecule has 4 rings (SSSR count). The molecule has 186 valence electrons. The van der Waals surface area contributed by atoms with Crippen LogP contribution in [0.2, 0.25) is 0 Å². The van der Waals surface area contributed by atoms with E-state index in [0.717, 1.165) is 11.1 Å². The zero-order chi connectivity index (χ0) is 24.8. The number of nitrogens with zero attached hydrogens (tertiary/aromatic N) is 1. The van der Waals surface area contributed by atoms with E-state index in [4.69, 9.17) is 4.74 Å². The molecular weight excluding hydrogens is 468 g/mol. The summed E-state index contributed by atoms with van der Waals surface area (Å²) in [6.07, 6.45) is 2.54. The van der Waals surface area contributed by atoms with Crippen LogP contribution in [0.5, 0.6) is 0 Å². The van der Waals surface area contributed by atoms with Gasteiger partial charge >= 0.3 is 11.9 Å². The Kier molecular flexibility index (Phi) is 8.43. The fourth-order valence-electron chi connectivity index (χ4n) is 4.68. The van der Waals surface area contributed by atoms with Crippen molar-refractivity contribution in [2.24, 2.45) is 0 Å². The third-order valence-electron chi connectivity index (χ3n) is 6.53. The van der Waals surface area contributed by atoms with Crippen LogP contribution >= 0.6 is 0 Å². The van der Waals surface area contributed by atoms with Gasteiger partial charge in [-0.15, -0.1) is 0 Å². The Balaban J connectivity index is 1.49. The van der Waals surface area contributed by atoms with Crippen LogP contribution in [-0.4, -0.2) is 61.7 Å². The van der Waals surface area contributed by atoms with Crippen LogP contribution in [0.15, 0.2) is 60.7 Å². The zero-order valence-corrected chi connectivity index (χ0v) is 20.2. The Morgan fingerprint density at radius 1 is 1.09 bits per heavy atom. The van der Waals surface area contributed by atoms with Crippen LogP contribution in [0.25, 0.3) is 0 Å². The first-order valence-corrected chi connectivity index (χ1v) is 13.2. The lowest BCUT2D eigenvalue weighted by Crippen LogP contribution is -2.55. The molecule has 1 amide bonds. The molecule has 35 heavy (non-hydrogen) atoms. The van der Waals surface area contributed by atoms with E-state index in [-0.39, 0.29) is 12.4 Å². The van der Waals surface area contributed by atoms with Crippen molar-refractivity contribution in [1.29, 1.82) is 0 Å². The number of carbonyl (C=O) groups excluding carboxylic acids is 2. The van der Waals surface area contributed by atoms with Crippen LogP contribution in [0.4, 0.5) is 0 Å². The van der Waals surface area contributed by atoms with Crippen molar-refractivity contribution in [2.75, 3.05) is 5.75 Å². The summed E-state index contributed by atoms with van der Waals surface area (Å²) in [5.74, 6) is -2.09. The number of nitrogens with one attached hydrogen (secondary N) is 1. The van der Waals surface area contributed by atoms with Crippen LogP contribution in [0.1, 0.15) is 36.8 Å². The molecule has 0 spiro atoms. The molecule has 5 atom stereocenters. The van der Waals surface area contributed by atoms with Crippen molar-refractivity contribution in [2.45, 2.75) is 62.2 Å². The summed E-state index contributed by atoms with van der Waals surface area (Å²) in [5.41, 5.74) is 1.92. The first-order valence-electron chi connectivity index (χ1n) is 11.9. The molecule has 2 aliphatic heterocycles. The van der Waals surface area contributed by atoms with E-state index in [0.29, 0.717) is 32.1 Å². The quantitative estimate of drug-likeness (QED) is 0.402. The second-order valence-corrected chi connectivity index (χ2v) is 10.6. The topological polar surface area (TPSA) is 119 Å². The van der Waals surface area contributed by atoms with E-state index >= 15 is 0 Å². The Bertz CT molecular complexity index is 1020. The van der Waals surface area contributed by atoms with Gasteiger partial charge in [0.25, 0.3) is 0 Å². The van der Waals surface area contributed by atoms with E-state index in [1.165, 1.54) is 4.90 Å². The Morgan fingerprint density at radius 2 is 1.74 bits per heavy atom. The van der Waals surface area contributed by atoms with E-state index in [1.54, 1.807) is 0 Å². The number of aryl methyl sites for hydroxylation is 1. The average molecular weight is 499 g/mol. The van der Waals surface area contributed by atoms with Gasteiger partial charge in [0.1, 0.15) is 18.4 Å². The van der Waals surface area contributed by atoms with Gasteiger partial charge in [-0.25, -0.2) is 4.79 Å². The number of amides is 1. The summed E-state index contributed by atoms with van der Waals surface area (Å²) in [7, 11) is 0. The molecular formula is C26H30N2O6S. The number of fused-ring (bicyclic) bond motifs is 1. The number of hydrogen-bond acceptors (Lipinski definition) is 6. The first kappa shape index (κ1) is 25.2. The highest BCUT2D eigenvalue weighted by Gasteiger charge is 2.52. The lowest BCUT2D eigenvalue weighted by Gasteiger charge is -2.28. The Morgan fingerprint density at radius 3 is 2.40 bits per heavy atom. The summed E-state index contributed by atoms with van der Waals surface area (Å²) in [6, 6.07) is 16.5. The molecule has 2 N–H and O–H groups in total. The fraction of sp³-hybridized carbons (Fsp3) is 0.423. The van der Waals surface area contributed by atoms with Gasteiger partial charge in [-0.1, -0.05) is 60.7 Å². The highest BCUT2D eigenvalue weighted by Crippen LogP contribution is 2.32. The second-order valence-electron chi connectivity index (χ2n) is 8.92. The monoisotopic (exact) mass is 498 g/mol. The minimum atomic E-state index is -1.41. The summed E-state index contributed by atoms with van der Waals surface area (Å²) in [5, 5.41) is 12.2. The molecule has 2 fully saturated rings. The van der Waals surface area contributed by atoms with Crippen molar-refractivity contribution >= 4 is 29.0 Å².